The van der Waals surface area contributed by atoms with Gasteiger partial charge >= 0.3 is 0 Å². The Hall–Kier alpha value is -2.59. The molecule has 0 aliphatic rings. The summed E-state index contributed by atoms with van der Waals surface area (Å²) in [5.41, 5.74) is 1.96. The fourth-order valence-electron chi connectivity index (χ4n) is 2.69. The molecule has 0 bridgehead atoms. The van der Waals surface area contributed by atoms with Gasteiger partial charge < -0.3 is 14.6 Å². The summed E-state index contributed by atoms with van der Waals surface area (Å²) in [6.45, 7) is 3.37. The van der Waals surface area contributed by atoms with Crippen molar-refractivity contribution in [2.24, 2.45) is 0 Å². The van der Waals surface area contributed by atoms with E-state index in [9.17, 15) is 15.0 Å². The summed E-state index contributed by atoms with van der Waals surface area (Å²) >= 11 is 0. The Morgan fingerprint density at radius 3 is 2.59 bits per heavy atom. The number of aryl methyl sites for hydroxylation is 1. The SMILES string of the molecule is Cc1oc2cc(O)ccc2c(=O)c1-c1ccccc1C(C)O. The van der Waals surface area contributed by atoms with Crippen molar-refractivity contribution in [3.8, 4) is 16.9 Å². The van der Waals surface area contributed by atoms with E-state index in [1.807, 2.05) is 12.1 Å². The molecule has 0 radical (unpaired) electrons. The Balaban J connectivity index is 2.38. The molecule has 22 heavy (non-hydrogen) atoms. The number of phenolic OH excluding ortho intramolecular Hbond substituents is 1. The minimum Gasteiger partial charge on any atom is -0.508 e. The lowest BCUT2D eigenvalue weighted by molar-refractivity contribution is 0.200. The summed E-state index contributed by atoms with van der Waals surface area (Å²) in [6.07, 6.45) is -0.689. The molecule has 1 unspecified atom stereocenters. The van der Waals surface area contributed by atoms with Gasteiger partial charge in [-0.3, -0.25) is 4.79 Å². The highest BCUT2D eigenvalue weighted by atomic mass is 16.3. The van der Waals surface area contributed by atoms with Crippen LogP contribution in [0.2, 0.25) is 0 Å². The lowest BCUT2D eigenvalue weighted by Gasteiger charge is -2.13. The number of fused-ring (bicyclic) bond motifs is 1. The Morgan fingerprint density at radius 2 is 1.86 bits per heavy atom. The van der Waals surface area contributed by atoms with Crippen LogP contribution in [0.25, 0.3) is 22.1 Å². The summed E-state index contributed by atoms with van der Waals surface area (Å²) in [6, 6.07) is 11.7. The van der Waals surface area contributed by atoms with E-state index < -0.39 is 6.10 Å². The highest BCUT2D eigenvalue weighted by Gasteiger charge is 2.18. The zero-order valence-corrected chi connectivity index (χ0v) is 12.3. The molecule has 0 aliphatic carbocycles. The van der Waals surface area contributed by atoms with Crippen molar-refractivity contribution in [2.75, 3.05) is 0 Å². The maximum atomic E-state index is 12.8. The highest BCUT2D eigenvalue weighted by molar-refractivity contribution is 5.84. The van der Waals surface area contributed by atoms with Gasteiger partial charge in [0.2, 0.25) is 5.43 Å². The molecular weight excluding hydrogens is 280 g/mol. The summed E-state index contributed by atoms with van der Waals surface area (Å²) in [5.74, 6) is 0.503. The van der Waals surface area contributed by atoms with Gasteiger partial charge in [0.15, 0.2) is 0 Å². The van der Waals surface area contributed by atoms with Gasteiger partial charge in [0.1, 0.15) is 17.1 Å². The molecule has 4 nitrogen and oxygen atoms in total. The van der Waals surface area contributed by atoms with Gasteiger partial charge in [0.25, 0.3) is 0 Å². The molecule has 3 rings (SSSR count). The number of rotatable bonds is 2. The molecule has 0 saturated heterocycles. The summed E-state index contributed by atoms with van der Waals surface area (Å²) in [4.78, 5) is 12.8. The number of hydrogen-bond donors (Lipinski definition) is 2. The van der Waals surface area contributed by atoms with Gasteiger partial charge in [-0.1, -0.05) is 24.3 Å². The Labute approximate surface area is 127 Å². The molecule has 112 valence electrons. The van der Waals surface area contributed by atoms with E-state index in [1.54, 1.807) is 32.0 Å². The van der Waals surface area contributed by atoms with Gasteiger partial charge in [-0.2, -0.15) is 0 Å². The summed E-state index contributed by atoms with van der Waals surface area (Å²) in [7, 11) is 0. The second-order valence-corrected chi connectivity index (χ2v) is 5.31. The second kappa shape index (κ2) is 5.31. The van der Waals surface area contributed by atoms with Gasteiger partial charge in [-0.05, 0) is 37.1 Å². The van der Waals surface area contributed by atoms with E-state index in [2.05, 4.69) is 0 Å². The molecule has 0 fully saturated rings. The monoisotopic (exact) mass is 296 g/mol. The average molecular weight is 296 g/mol. The van der Waals surface area contributed by atoms with E-state index in [-0.39, 0.29) is 11.2 Å². The van der Waals surface area contributed by atoms with Gasteiger partial charge in [-0.25, -0.2) is 0 Å². The molecule has 1 aromatic heterocycles. The fraction of sp³-hybridized carbons (Fsp3) is 0.167. The van der Waals surface area contributed by atoms with Crippen molar-refractivity contribution in [3.63, 3.8) is 0 Å². The second-order valence-electron chi connectivity index (χ2n) is 5.31. The average Bonchev–Trinajstić information content (AvgIpc) is 2.47. The van der Waals surface area contributed by atoms with Crippen LogP contribution in [0.15, 0.2) is 51.7 Å². The molecule has 0 amide bonds. The van der Waals surface area contributed by atoms with Crippen LogP contribution in [-0.4, -0.2) is 10.2 Å². The van der Waals surface area contributed by atoms with Gasteiger partial charge in [0.05, 0.1) is 17.1 Å². The van der Waals surface area contributed by atoms with Crippen LogP contribution < -0.4 is 5.43 Å². The van der Waals surface area contributed by atoms with E-state index in [0.717, 1.165) is 0 Å². The zero-order valence-electron chi connectivity index (χ0n) is 12.3. The lowest BCUT2D eigenvalue weighted by Crippen LogP contribution is -2.09. The number of aliphatic hydroxyl groups excluding tert-OH is 1. The minimum atomic E-state index is -0.689. The molecule has 2 aromatic carbocycles. The first kappa shape index (κ1) is 14.4. The van der Waals surface area contributed by atoms with Crippen molar-refractivity contribution in [3.05, 3.63) is 64.0 Å². The van der Waals surface area contributed by atoms with E-state index in [1.165, 1.54) is 12.1 Å². The van der Waals surface area contributed by atoms with Crippen LogP contribution in [0.1, 0.15) is 24.4 Å². The van der Waals surface area contributed by atoms with Crippen LogP contribution in [0.5, 0.6) is 5.75 Å². The van der Waals surface area contributed by atoms with Crippen molar-refractivity contribution in [2.45, 2.75) is 20.0 Å². The van der Waals surface area contributed by atoms with E-state index in [4.69, 9.17) is 4.42 Å². The number of aromatic hydroxyl groups is 1. The quantitative estimate of drug-likeness (QED) is 0.759. The van der Waals surface area contributed by atoms with Gasteiger partial charge in [-0.15, -0.1) is 0 Å². The number of hydrogen-bond acceptors (Lipinski definition) is 4. The van der Waals surface area contributed by atoms with Crippen LogP contribution >= 0.6 is 0 Å². The fourth-order valence-corrected chi connectivity index (χ4v) is 2.69. The summed E-state index contributed by atoms with van der Waals surface area (Å²) in [5, 5.41) is 19.9. The topological polar surface area (TPSA) is 70.7 Å². The van der Waals surface area contributed by atoms with Crippen LogP contribution in [0.4, 0.5) is 0 Å². The highest BCUT2D eigenvalue weighted by Crippen LogP contribution is 2.30. The molecule has 3 aromatic rings. The number of benzene rings is 2. The molecule has 0 aliphatic heterocycles. The Bertz CT molecular complexity index is 907. The first-order valence-electron chi connectivity index (χ1n) is 7.03. The number of aliphatic hydroxyl groups is 1. The molecule has 1 atom stereocenters. The molecule has 4 heteroatoms. The van der Waals surface area contributed by atoms with Crippen molar-refractivity contribution in [1.82, 2.24) is 0 Å². The van der Waals surface area contributed by atoms with Crippen molar-refractivity contribution >= 4 is 11.0 Å². The first-order valence-corrected chi connectivity index (χ1v) is 7.03. The predicted molar refractivity (Wildman–Crippen MR) is 85.0 cm³/mol. The molecule has 1 heterocycles. The van der Waals surface area contributed by atoms with Crippen LogP contribution in [0.3, 0.4) is 0 Å². The standard InChI is InChI=1S/C18H16O4/c1-10(19)13-5-3-4-6-14(13)17-11(2)22-16-9-12(20)7-8-15(16)18(17)21/h3-10,19-20H,1-2H3. The third kappa shape index (κ3) is 2.27. The van der Waals surface area contributed by atoms with Crippen LogP contribution in [0, 0.1) is 6.92 Å². The zero-order chi connectivity index (χ0) is 15.9. The minimum absolute atomic E-state index is 0.0483. The maximum absolute atomic E-state index is 12.8. The van der Waals surface area contributed by atoms with E-state index in [0.29, 0.717) is 33.4 Å². The van der Waals surface area contributed by atoms with Crippen molar-refractivity contribution in [1.29, 1.82) is 0 Å². The molecule has 2 N–H and O–H groups in total. The third-order valence-corrected chi connectivity index (χ3v) is 3.73. The molecular formula is C18H16O4. The van der Waals surface area contributed by atoms with E-state index >= 15 is 0 Å². The first-order chi connectivity index (χ1) is 10.5. The van der Waals surface area contributed by atoms with Gasteiger partial charge in [0, 0.05) is 6.07 Å². The lowest BCUT2D eigenvalue weighted by atomic mass is 9.95. The molecule has 0 saturated carbocycles. The Kier molecular flexibility index (Phi) is 3.47. The largest absolute Gasteiger partial charge is 0.508 e. The normalized spacial score (nSPS) is 12.5. The predicted octanol–water partition coefficient (Wildman–Crippen LogP) is 3.53. The maximum Gasteiger partial charge on any atom is 0.200 e. The Morgan fingerprint density at radius 1 is 1.14 bits per heavy atom. The number of phenols is 1. The van der Waals surface area contributed by atoms with Crippen molar-refractivity contribution < 1.29 is 14.6 Å². The smallest absolute Gasteiger partial charge is 0.200 e. The molecule has 0 spiro atoms. The third-order valence-electron chi connectivity index (χ3n) is 3.73. The summed E-state index contributed by atoms with van der Waals surface area (Å²) < 4.78 is 5.70. The van der Waals surface area contributed by atoms with Crippen LogP contribution in [-0.2, 0) is 0 Å².